The summed E-state index contributed by atoms with van der Waals surface area (Å²) in [6.45, 7) is 9.46. The number of hydrogen-bond acceptors (Lipinski definition) is 3. The molecule has 20 heavy (non-hydrogen) atoms. The van der Waals surface area contributed by atoms with Crippen LogP contribution in [0.15, 0.2) is 23.3 Å². The molecule has 0 aromatic carbocycles. The second kappa shape index (κ2) is 9.32. The average Bonchev–Trinajstić information content (AvgIpc) is 2.44. The Morgan fingerprint density at radius 2 is 1.85 bits per heavy atom. The normalized spacial score (nSPS) is 19.9. The van der Waals surface area contributed by atoms with E-state index in [9.17, 15) is 5.11 Å². The molecule has 0 aromatic heterocycles. The molecule has 1 saturated heterocycles. The lowest BCUT2D eigenvalue weighted by Crippen LogP contribution is -2.38. The van der Waals surface area contributed by atoms with Gasteiger partial charge in [-0.15, -0.1) is 0 Å². The van der Waals surface area contributed by atoms with Crippen molar-refractivity contribution in [1.29, 1.82) is 0 Å². The Balaban J connectivity index is 2.24. The highest BCUT2D eigenvalue weighted by atomic mass is 16.3. The van der Waals surface area contributed by atoms with Gasteiger partial charge in [-0.1, -0.05) is 23.3 Å². The van der Waals surface area contributed by atoms with Crippen LogP contribution in [0.1, 0.15) is 46.5 Å². The molecular weight excluding hydrogens is 250 g/mol. The zero-order valence-electron chi connectivity index (χ0n) is 13.3. The van der Waals surface area contributed by atoms with Crippen LogP contribution in [-0.2, 0) is 0 Å². The topological polar surface area (TPSA) is 43.7 Å². The second-order valence-corrected chi connectivity index (χ2v) is 6.26. The Bertz CT molecular complexity index is 324. The Labute approximate surface area is 124 Å². The molecule has 1 atom stereocenters. The number of nitrogens with zero attached hydrogens (tertiary/aromatic N) is 1. The van der Waals surface area contributed by atoms with Crippen molar-refractivity contribution in [2.75, 3.05) is 26.2 Å². The molecule has 0 amide bonds. The van der Waals surface area contributed by atoms with Crippen molar-refractivity contribution in [3.8, 4) is 0 Å². The molecule has 0 aromatic rings. The van der Waals surface area contributed by atoms with Crippen LogP contribution < -0.4 is 0 Å². The molecule has 0 saturated carbocycles. The second-order valence-electron chi connectivity index (χ2n) is 6.26. The van der Waals surface area contributed by atoms with E-state index >= 15 is 0 Å². The molecule has 3 nitrogen and oxygen atoms in total. The molecule has 116 valence electrons. The number of aliphatic hydroxyl groups excluding tert-OH is 2. The maximum Gasteiger partial charge on any atom is 0.0799 e. The standard InChI is InChI=1S/C17H31NO2/c1-14(2)5-4-6-15(3)7-10-18-11-8-16(9-12-18)17(20)13-19/h5,7,16-17,19-20H,4,6,8-13H2,1-3H3. The van der Waals surface area contributed by atoms with E-state index in [1.54, 1.807) is 0 Å². The zero-order valence-corrected chi connectivity index (χ0v) is 13.3. The van der Waals surface area contributed by atoms with E-state index in [-0.39, 0.29) is 12.5 Å². The number of rotatable bonds is 7. The fourth-order valence-corrected chi connectivity index (χ4v) is 2.64. The van der Waals surface area contributed by atoms with Gasteiger partial charge in [-0.05, 0) is 65.5 Å². The minimum Gasteiger partial charge on any atom is -0.394 e. The molecule has 1 rings (SSSR count). The summed E-state index contributed by atoms with van der Waals surface area (Å²) in [6.07, 6.45) is 8.36. The number of piperidine rings is 1. The average molecular weight is 281 g/mol. The van der Waals surface area contributed by atoms with Crippen molar-refractivity contribution >= 4 is 0 Å². The molecular formula is C17H31NO2. The quantitative estimate of drug-likeness (QED) is 0.705. The monoisotopic (exact) mass is 281 g/mol. The third kappa shape index (κ3) is 6.69. The molecule has 1 aliphatic rings. The fraction of sp³-hybridized carbons (Fsp3) is 0.765. The predicted octanol–water partition coefficient (Wildman–Crippen LogP) is 2.74. The highest BCUT2D eigenvalue weighted by Gasteiger charge is 2.23. The molecule has 2 N–H and O–H groups in total. The van der Waals surface area contributed by atoms with E-state index in [0.717, 1.165) is 45.3 Å². The SMILES string of the molecule is CC(C)=CCCC(C)=CCN1CCC(C(O)CO)CC1. The molecule has 0 spiro atoms. The molecule has 1 fully saturated rings. The smallest absolute Gasteiger partial charge is 0.0799 e. The minimum atomic E-state index is -0.529. The number of aliphatic hydroxyl groups is 2. The van der Waals surface area contributed by atoms with Crippen LogP contribution in [0.2, 0.25) is 0 Å². The van der Waals surface area contributed by atoms with E-state index in [4.69, 9.17) is 5.11 Å². The van der Waals surface area contributed by atoms with Gasteiger partial charge in [-0.25, -0.2) is 0 Å². The van der Waals surface area contributed by atoms with Gasteiger partial charge in [0.25, 0.3) is 0 Å². The van der Waals surface area contributed by atoms with Crippen molar-refractivity contribution in [3.05, 3.63) is 23.3 Å². The summed E-state index contributed by atoms with van der Waals surface area (Å²) in [4.78, 5) is 2.44. The van der Waals surface area contributed by atoms with E-state index in [1.807, 2.05) is 0 Å². The number of hydrogen-bond donors (Lipinski definition) is 2. The molecule has 0 radical (unpaired) electrons. The van der Waals surface area contributed by atoms with E-state index < -0.39 is 6.10 Å². The third-order valence-corrected chi connectivity index (χ3v) is 4.15. The van der Waals surface area contributed by atoms with Crippen LogP contribution in [0, 0.1) is 5.92 Å². The van der Waals surface area contributed by atoms with Crippen molar-refractivity contribution in [2.45, 2.75) is 52.6 Å². The number of allylic oxidation sites excluding steroid dienone is 3. The predicted molar refractivity (Wildman–Crippen MR) is 84.7 cm³/mol. The lowest BCUT2D eigenvalue weighted by molar-refractivity contribution is 0.0200. The summed E-state index contributed by atoms with van der Waals surface area (Å²) in [7, 11) is 0. The molecule has 0 bridgehead atoms. The first kappa shape index (κ1) is 17.4. The lowest BCUT2D eigenvalue weighted by atomic mass is 9.91. The van der Waals surface area contributed by atoms with Gasteiger partial charge in [0, 0.05) is 6.54 Å². The Hall–Kier alpha value is -0.640. The first-order valence-electron chi connectivity index (χ1n) is 7.83. The van der Waals surface area contributed by atoms with Gasteiger partial charge in [0.2, 0.25) is 0 Å². The van der Waals surface area contributed by atoms with Gasteiger partial charge in [0.15, 0.2) is 0 Å². The Morgan fingerprint density at radius 3 is 2.40 bits per heavy atom. The van der Waals surface area contributed by atoms with Crippen molar-refractivity contribution in [3.63, 3.8) is 0 Å². The van der Waals surface area contributed by atoms with Crippen LogP contribution in [0.25, 0.3) is 0 Å². The Morgan fingerprint density at radius 1 is 1.20 bits per heavy atom. The van der Waals surface area contributed by atoms with E-state index in [0.29, 0.717) is 0 Å². The maximum absolute atomic E-state index is 9.64. The summed E-state index contributed by atoms with van der Waals surface area (Å²) in [5.41, 5.74) is 2.85. The van der Waals surface area contributed by atoms with Gasteiger partial charge in [0.05, 0.1) is 12.7 Å². The van der Waals surface area contributed by atoms with Gasteiger partial charge >= 0.3 is 0 Å². The van der Waals surface area contributed by atoms with Gasteiger partial charge in [-0.3, -0.25) is 4.90 Å². The molecule has 0 aliphatic carbocycles. The largest absolute Gasteiger partial charge is 0.394 e. The van der Waals surface area contributed by atoms with Gasteiger partial charge in [-0.2, -0.15) is 0 Å². The van der Waals surface area contributed by atoms with Crippen LogP contribution in [0.5, 0.6) is 0 Å². The highest BCUT2D eigenvalue weighted by molar-refractivity contribution is 5.03. The fourth-order valence-electron chi connectivity index (χ4n) is 2.64. The first-order chi connectivity index (χ1) is 9.52. The summed E-state index contributed by atoms with van der Waals surface area (Å²) >= 11 is 0. The minimum absolute atomic E-state index is 0.103. The van der Waals surface area contributed by atoms with Gasteiger partial charge < -0.3 is 10.2 Å². The summed E-state index contributed by atoms with van der Waals surface area (Å²) in [5.74, 6) is 0.277. The van der Waals surface area contributed by atoms with E-state index in [1.165, 1.54) is 11.1 Å². The summed E-state index contributed by atoms with van der Waals surface area (Å²) in [6, 6.07) is 0. The molecule has 1 unspecified atom stereocenters. The van der Waals surface area contributed by atoms with Crippen molar-refractivity contribution in [2.24, 2.45) is 5.92 Å². The first-order valence-corrected chi connectivity index (χ1v) is 7.83. The zero-order chi connectivity index (χ0) is 15.0. The molecule has 3 heteroatoms. The molecule has 1 heterocycles. The van der Waals surface area contributed by atoms with Crippen LogP contribution >= 0.6 is 0 Å². The Kier molecular flexibility index (Phi) is 8.12. The maximum atomic E-state index is 9.64. The summed E-state index contributed by atoms with van der Waals surface area (Å²) < 4.78 is 0. The third-order valence-electron chi connectivity index (χ3n) is 4.15. The number of likely N-dealkylation sites (tertiary alicyclic amines) is 1. The summed E-state index contributed by atoms with van der Waals surface area (Å²) in [5, 5.41) is 18.6. The van der Waals surface area contributed by atoms with Gasteiger partial charge in [0.1, 0.15) is 0 Å². The lowest BCUT2D eigenvalue weighted by Gasteiger charge is -2.33. The van der Waals surface area contributed by atoms with Crippen LogP contribution in [-0.4, -0.2) is 47.5 Å². The van der Waals surface area contributed by atoms with Crippen molar-refractivity contribution in [1.82, 2.24) is 4.90 Å². The van der Waals surface area contributed by atoms with Crippen molar-refractivity contribution < 1.29 is 10.2 Å². The van der Waals surface area contributed by atoms with E-state index in [2.05, 4.69) is 37.8 Å². The van der Waals surface area contributed by atoms with Crippen LogP contribution in [0.3, 0.4) is 0 Å². The molecule has 1 aliphatic heterocycles. The highest BCUT2D eigenvalue weighted by Crippen LogP contribution is 2.20. The van der Waals surface area contributed by atoms with Crippen LogP contribution in [0.4, 0.5) is 0 Å².